The minimum Gasteiger partial charge on any atom is -0.491 e. The Labute approximate surface area is 127 Å². The topological polar surface area (TPSA) is 56.3 Å². The molecule has 0 N–H and O–H groups in total. The smallest absolute Gasteiger partial charge is 0.233 e. The van der Waals surface area contributed by atoms with Crippen molar-refractivity contribution in [1.29, 1.82) is 0 Å². The maximum Gasteiger partial charge on any atom is 0.233 e. The highest BCUT2D eigenvalue weighted by atomic mass is 79.9. The van der Waals surface area contributed by atoms with Gasteiger partial charge in [-0.3, -0.25) is 4.98 Å². The van der Waals surface area contributed by atoms with Crippen LogP contribution in [0, 0.1) is 5.41 Å². The second-order valence-electron chi connectivity index (χ2n) is 4.52. The van der Waals surface area contributed by atoms with Crippen LogP contribution in [0.1, 0.15) is 26.7 Å². The van der Waals surface area contributed by atoms with E-state index in [1.54, 1.807) is 18.5 Å². The van der Waals surface area contributed by atoms with Gasteiger partial charge in [0.2, 0.25) is 9.05 Å². The van der Waals surface area contributed by atoms with Gasteiger partial charge >= 0.3 is 0 Å². The third kappa shape index (κ3) is 5.67. The number of halogens is 2. The fourth-order valence-corrected chi connectivity index (χ4v) is 4.03. The van der Waals surface area contributed by atoms with Crippen LogP contribution >= 0.6 is 26.6 Å². The molecule has 1 heterocycles. The lowest BCUT2D eigenvalue weighted by atomic mass is 9.85. The van der Waals surface area contributed by atoms with Gasteiger partial charge < -0.3 is 4.74 Å². The van der Waals surface area contributed by atoms with Crippen LogP contribution in [0.4, 0.5) is 0 Å². The zero-order chi connectivity index (χ0) is 14.5. The van der Waals surface area contributed by atoms with Crippen molar-refractivity contribution in [2.75, 3.05) is 12.4 Å². The highest BCUT2D eigenvalue weighted by molar-refractivity contribution is 9.10. The fraction of sp³-hybridized carbons (Fsp3) is 0.583. The molecular weight excluding hydrogens is 354 g/mol. The van der Waals surface area contributed by atoms with Crippen molar-refractivity contribution in [3.63, 3.8) is 0 Å². The molecule has 4 nitrogen and oxygen atoms in total. The van der Waals surface area contributed by atoms with E-state index in [-0.39, 0.29) is 5.75 Å². The quantitative estimate of drug-likeness (QED) is 0.688. The van der Waals surface area contributed by atoms with Crippen molar-refractivity contribution < 1.29 is 13.2 Å². The molecule has 0 saturated carbocycles. The molecule has 7 heteroatoms. The summed E-state index contributed by atoms with van der Waals surface area (Å²) in [5, 5.41) is 0. The third-order valence-electron chi connectivity index (χ3n) is 3.20. The molecule has 0 aromatic carbocycles. The second kappa shape index (κ2) is 6.90. The summed E-state index contributed by atoms with van der Waals surface area (Å²) in [7, 11) is 1.83. The van der Waals surface area contributed by atoms with E-state index in [4.69, 9.17) is 15.4 Å². The van der Waals surface area contributed by atoms with Gasteiger partial charge in [0, 0.05) is 26.8 Å². The van der Waals surface area contributed by atoms with Crippen LogP contribution in [-0.4, -0.2) is 25.8 Å². The van der Waals surface area contributed by atoms with Crippen molar-refractivity contribution in [1.82, 2.24) is 4.98 Å². The zero-order valence-corrected chi connectivity index (χ0v) is 14.1. The molecule has 1 aromatic rings. The first-order valence-electron chi connectivity index (χ1n) is 5.96. The molecule has 1 aromatic heterocycles. The molecule has 0 spiro atoms. The van der Waals surface area contributed by atoms with E-state index >= 15 is 0 Å². The van der Waals surface area contributed by atoms with Crippen LogP contribution in [0.3, 0.4) is 0 Å². The maximum atomic E-state index is 11.3. The number of ether oxygens (including phenoxy) is 1. The molecule has 0 aliphatic carbocycles. The Kier molecular flexibility index (Phi) is 6.08. The first kappa shape index (κ1) is 16.7. The Morgan fingerprint density at radius 3 is 2.47 bits per heavy atom. The molecule has 0 unspecified atom stereocenters. The highest BCUT2D eigenvalue weighted by Gasteiger charge is 2.32. The summed E-state index contributed by atoms with van der Waals surface area (Å²) >= 11 is 3.31. The molecule has 0 fully saturated rings. The SMILES string of the molecule is CCC(CC)(COc1cncc(Br)c1)CS(=O)(=O)Cl. The van der Waals surface area contributed by atoms with Gasteiger partial charge in [0.25, 0.3) is 0 Å². The Morgan fingerprint density at radius 1 is 1.37 bits per heavy atom. The van der Waals surface area contributed by atoms with Crippen LogP contribution in [-0.2, 0) is 9.05 Å². The van der Waals surface area contributed by atoms with Crippen LogP contribution in [0.5, 0.6) is 5.75 Å². The summed E-state index contributed by atoms with van der Waals surface area (Å²) < 4.78 is 29.1. The van der Waals surface area contributed by atoms with Crippen molar-refractivity contribution in [2.24, 2.45) is 5.41 Å². The normalized spacial score (nSPS) is 12.4. The van der Waals surface area contributed by atoms with E-state index in [0.29, 0.717) is 25.2 Å². The molecule has 0 amide bonds. The van der Waals surface area contributed by atoms with E-state index in [1.165, 1.54) is 0 Å². The van der Waals surface area contributed by atoms with Gasteiger partial charge in [-0.15, -0.1) is 0 Å². The van der Waals surface area contributed by atoms with E-state index in [2.05, 4.69) is 20.9 Å². The lowest BCUT2D eigenvalue weighted by Gasteiger charge is -2.30. The molecule has 19 heavy (non-hydrogen) atoms. The molecule has 0 aliphatic heterocycles. The summed E-state index contributed by atoms with van der Waals surface area (Å²) in [4.78, 5) is 3.99. The van der Waals surface area contributed by atoms with Gasteiger partial charge in [0.05, 0.1) is 18.6 Å². The maximum absolute atomic E-state index is 11.3. The Hall–Kier alpha value is -0.330. The molecule has 0 radical (unpaired) electrons. The first-order chi connectivity index (χ1) is 8.80. The average molecular weight is 371 g/mol. The Morgan fingerprint density at radius 2 is 2.00 bits per heavy atom. The highest BCUT2D eigenvalue weighted by Crippen LogP contribution is 2.31. The summed E-state index contributed by atoms with van der Waals surface area (Å²) in [5.41, 5.74) is -0.469. The number of nitrogens with zero attached hydrogens (tertiary/aromatic N) is 1. The summed E-state index contributed by atoms with van der Waals surface area (Å²) in [6.07, 6.45) is 4.60. The second-order valence-corrected chi connectivity index (χ2v) is 8.21. The Bertz CT molecular complexity index is 517. The fourth-order valence-electron chi connectivity index (χ4n) is 1.77. The lowest BCUT2D eigenvalue weighted by molar-refractivity contribution is 0.154. The zero-order valence-electron chi connectivity index (χ0n) is 10.9. The van der Waals surface area contributed by atoms with E-state index < -0.39 is 14.5 Å². The number of hydrogen-bond donors (Lipinski definition) is 0. The average Bonchev–Trinajstić information content (AvgIpc) is 2.33. The first-order valence-corrected chi connectivity index (χ1v) is 9.23. The van der Waals surface area contributed by atoms with Crippen molar-refractivity contribution in [3.8, 4) is 5.75 Å². The predicted octanol–water partition coefficient (Wildman–Crippen LogP) is 3.60. The molecule has 0 bridgehead atoms. The third-order valence-corrected chi connectivity index (χ3v) is 4.92. The van der Waals surface area contributed by atoms with E-state index in [9.17, 15) is 8.42 Å². The largest absolute Gasteiger partial charge is 0.491 e. The van der Waals surface area contributed by atoms with Gasteiger partial charge in [0.1, 0.15) is 5.75 Å². The molecule has 0 saturated heterocycles. The number of pyridine rings is 1. The molecule has 0 aliphatic rings. The number of aromatic nitrogens is 1. The summed E-state index contributed by atoms with van der Waals surface area (Å²) in [6.45, 7) is 4.17. The molecule has 108 valence electrons. The van der Waals surface area contributed by atoms with E-state index in [1.807, 2.05) is 13.8 Å². The number of rotatable bonds is 7. The van der Waals surface area contributed by atoms with Gasteiger partial charge in [-0.1, -0.05) is 13.8 Å². The minimum atomic E-state index is -3.55. The lowest BCUT2D eigenvalue weighted by Crippen LogP contribution is -2.33. The minimum absolute atomic E-state index is 0.0873. The predicted molar refractivity (Wildman–Crippen MR) is 80.1 cm³/mol. The number of hydrogen-bond acceptors (Lipinski definition) is 4. The van der Waals surface area contributed by atoms with Gasteiger partial charge in [-0.2, -0.15) is 0 Å². The van der Waals surface area contributed by atoms with Crippen molar-refractivity contribution in [3.05, 3.63) is 22.9 Å². The van der Waals surface area contributed by atoms with Crippen LogP contribution in [0.25, 0.3) is 0 Å². The summed E-state index contributed by atoms with van der Waals surface area (Å²) in [6, 6.07) is 1.79. The van der Waals surface area contributed by atoms with E-state index in [0.717, 1.165) is 4.47 Å². The molecule has 1 rings (SSSR count). The van der Waals surface area contributed by atoms with Crippen molar-refractivity contribution in [2.45, 2.75) is 26.7 Å². The monoisotopic (exact) mass is 369 g/mol. The molecule has 0 atom stereocenters. The van der Waals surface area contributed by atoms with Gasteiger partial charge in [-0.05, 0) is 34.8 Å². The van der Waals surface area contributed by atoms with Crippen LogP contribution in [0.2, 0.25) is 0 Å². The summed E-state index contributed by atoms with van der Waals surface area (Å²) in [5.74, 6) is 0.517. The Balaban J connectivity index is 2.79. The van der Waals surface area contributed by atoms with Crippen molar-refractivity contribution >= 4 is 35.7 Å². The standard InChI is InChI=1S/C12H17BrClNO3S/c1-3-12(4-2,9-19(14,16)17)8-18-11-5-10(13)6-15-7-11/h5-7H,3-4,8-9H2,1-2H3. The van der Waals surface area contributed by atoms with Crippen LogP contribution < -0.4 is 4.74 Å². The van der Waals surface area contributed by atoms with Gasteiger partial charge in [0.15, 0.2) is 0 Å². The van der Waals surface area contributed by atoms with Gasteiger partial charge in [-0.25, -0.2) is 8.42 Å². The van der Waals surface area contributed by atoms with Crippen LogP contribution in [0.15, 0.2) is 22.9 Å². The molecular formula is C12H17BrClNO3S.